The highest BCUT2D eigenvalue weighted by atomic mass is 19.4. The van der Waals surface area contributed by atoms with Crippen molar-refractivity contribution in [3.63, 3.8) is 0 Å². The third-order valence-corrected chi connectivity index (χ3v) is 2.99. The van der Waals surface area contributed by atoms with E-state index in [-0.39, 0.29) is 6.04 Å². The molecule has 1 saturated heterocycles. The minimum Gasteiger partial charge on any atom is -0.313 e. The van der Waals surface area contributed by atoms with E-state index in [0.717, 1.165) is 25.8 Å². The Hall–Kier alpha value is -0.290. The number of nitrogens with one attached hydrogen (secondary N) is 1. The Morgan fingerprint density at radius 1 is 1.25 bits per heavy atom. The summed E-state index contributed by atoms with van der Waals surface area (Å²) in [6.45, 7) is 2.89. The molecule has 1 heterocycles. The van der Waals surface area contributed by atoms with E-state index < -0.39 is 12.7 Å². The van der Waals surface area contributed by atoms with Crippen molar-refractivity contribution in [2.24, 2.45) is 0 Å². The largest absolute Gasteiger partial charge is 0.401 e. The molecule has 2 nitrogen and oxygen atoms in total. The maximum Gasteiger partial charge on any atom is 0.401 e. The molecule has 1 aliphatic heterocycles. The Balaban J connectivity index is 2.36. The van der Waals surface area contributed by atoms with Crippen molar-refractivity contribution >= 4 is 0 Å². The first-order valence-corrected chi connectivity index (χ1v) is 6.04. The maximum atomic E-state index is 12.3. The average Bonchev–Trinajstić information content (AvgIpc) is 2.43. The molecule has 0 aromatic rings. The van der Waals surface area contributed by atoms with Crippen molar-refractivity contribution < 1.29 is 13.2 Å². The highest BCUT2D eigenvalue weighted by molar-refractivity contribution is 4.75. The van der Waals surface area contributed by atoms with E-state index in [1.807, 2.05) is 0 Å². The lowest BCUT2D eigenvalue weighted by Gasteiger charge is -2.27. The van der Waals surface area contributed by atoms with Crippen LogP contribution in [0.4, 0.5) is 13.2 Å². The molecule has 0 spiro atoms. The van der Waals surface area contributed by atoms with Crippen molar-refractivity contribution in [3.05, 3.63) is 0 Å². The highest BCUT2D eigenvalue weighted by Crippen LogP contribution is 2.17. The van der Waals surface area contributed by atoms with Gasteiger partial charge in [-0.25, -0.2) is 0 Å². The molecule has 1 N–H and O–H groups in total. The monoisotopic (exact) mass is 238 g/mol. The lowest BCUT2D eigenvalue weighted by Crippen LogP contribution is -2.44. The van der Waals surface area contributed by atoms with Crippen LogP contribution in [0.25, 0.3) is 0 Å². The van der Waals surface area contributed by atoms with Crippen LogP contribution < -0.4 is 5.32 Å². The van der Waals surface area contributed by atoms with Crippen LogP contribution in [0.2, 0.25) is 0 Å². The molecule has 0 saturated carbocycles. The summed E-state index contributed by atoms with van der Waals surface area (Å²) in [4.78, 5) is 1.48. The molecule has 5 heteroatoms. The number of rotatable bonds is 4. The van der Waals surface area contributed by atoms with Gasteiger partial charge >= 0.3 is 6.18 Å². The second-order valence-corrected chi connectivity index (χ2v) is 4.44. The van der Waals surface area contributed by atoms with Gasteiger partial charge in [-0.3, -0.25) is 4.90 Å². The average molecular weight is 238 g/mol. The molecule has 0 amide bonds. The Kier molecular flexibility index (Phi) is 5.55. The lowest BCUT2D eigenvalue weighted by atomic mass is 10.1. The third kappa shape index (κ3) is 5.70. The minimum atomic E-state index is -4.08. The molecule has 1 atom stereocenters. The molecule has 0 bridgehead atoms. The van der Waals surface area contributed by atoms with Gasteiger partial charge in [0.2, 0.25) is 0 Å². The van der Waals surface area contributed by atoms with E-state index in [1.54, 1.807) is 6.92 Å². The van der Waals surface area contributed by atoms with Crippen molar-refractivity contribution in [1.82, 2.24) is 10.2 Å². The predicted octanol–water partition coefficient (Wildman–Crippen LogP) is 2.40. The van der Waals surface area contributed by atoms with Crippen LogP contribution in [0.1, 0.15) is 32.6 Å². The summed E-state index contributed by atoms with van der Waals surface area (Å²) >= 11 is 0. The van der Waals surface area contributed by atoms with E-state index >= 15 is 0 Å². The van der Waals surface area contributed by atoms with E-state index in [9.17, 15) is 13.2 Å². The van der Waals surface area contributed by atoms with Crippen LogP contribution in [-0.4, -0.2) is 43.3 Å². The molecule has 1 fully saturated rings. The molecule has 0 aromatic heterocycles. The van der Waals surface area contributed by atoms with Gasteiger partial charge in [0.1, 0.15) is 0 Å². The lowest BCUT2D eigenvalue weighted by molar-refractivity contribution is -0.146. The summed E-state index contributed by atoms with van der Waals surface area (Å²) in [7, 11) is 0. The number of halogens is 3. The van der Waals surface area contributed by atoms with Gasteiger partial charge in [-0.2, -0.15) is 13.2 Å². The minimum absolute atomic E-state index is 0.227. The predicted molar refractivity (Wildman–Crippen MR) is 58.4 cm³/mol. The fourth-order valence-corrected chi connectivity index (χ4v) is 2.13. The first kappa shape index (κ1) is 13.8. The summed E-state index contributed by atoms with van der Waals surface area (Å²) in [6, 6.07) is 0.227. The zero-order valence-corrected chi connectivity index (χ0v) is 9.82. The van der Waals surface area contributed by atoms with E-state index in [0.29, 0.717) is 13.1 Å². The van der Waals surface area contributed by atoms with Crippen LogP contribution in [0.15, 0.2) is 0 Å². The molecule has 96 valence electrons. The molecule has 1 rings (SSSR count). The molecule has 1 aliphatic rings. The Bertz CT molecular complexity index is 186. The molecule has 1 unspecified atom stereocenters. The van der Waals surface area contributed by atoms with E-state index in [1.165, 1.54) is 11.3 Å². The Labute approximate surface area is 95.2 Å². The summed E-state index contributed by atoms with van der Waals surface area (Å²) in [5.41, 5.74) is 0. The highest BCUT2D eigenvalue weighted by Gasteiger charge is 2.30. The van der Waals surface area contributed by atoms with Gasteiger partial charge in [0.15, 0.2) is 0 Å². The number of hydrogen-bond donors (Lipinski definition) is 1. The molecule has 0 radical (unpaired) electrons. The van der Waals surface area contributed by atoms with Crippen LogP contribution in [-0.2, 0) is 0 Å². The standard InChI is InChI=1S/C11H21F3N2/c1-2-16(9-11(12,13)14)8-10-6-4-3-5-7-15-10/h10,15H,2-9H2,1H3. The number of likely N-dealkylation sites (N-methyl/N-ethyl adjacent to an activating group) is 1. The van der Waals surface area contributed by atoms with Crippen LogP contribution in [0.5, 0.6) is 0 Å². The van der Waals surface area contributed by atoms with Gasteiger partial charge in [0.05, 0.1) is 6.54 Å². The molecule has 16 heavy (non-hydrogen) atoms. The normalized spacial score (nSPS) is 23.4. The molecule has 0 aromatic carbocycles. The summed E-state index contributed by atoms with van der Waals surface area (Å²) in [6.07, 6.45) is 0.368. The van der Waals surface area contributed by atoms with Gasteiger partial charge in [-0.05, 0) is 25.9 Å². The van der Waals surface area contributed by atoms with Crippen LogP contribution >= 0.6 is 0 Å². The summed E-state index contributed by atoms with van der Waals surface area (Å²) in [5.74, 6) is 0. The molecule has 0 aliphatic carbocycles. The zero-order chi connectivity index (χ0) is 12.0. The SMILES string of the molecule is CCN(CC1CCCCCN1)CC(F)(F)F. The number of hydrogen-bond acceptors (Lipinski definition) is 2. The van der Waals surface area contributed by atoms with E-state index in [4.69, 9.17) is 0 Å². The molecular weight excluding hydrogens is 217 g/mol. The molecular formula is C11H21F3N2. The van der Waals surface area contributed by atoms with Crippen LogP contribution in [0, 0.1) is 0 Å². The van der Waals surface area contributed by atoms with Crippen molar-refractivity contribution in [2.75, 3.05) is 26.2 Å². The second kappa shape index (κ2) is 6.45. The second-order valence-electron chi connectivity index (χ2n) is 4.44. The smallest absolute Gasteiger partial charge is 0.313 e. The van der Waals surface area contributed by atoms with Gasteiger partial charge in [-0.1, -0.05) is 19.8 Å². The van der Waals surface area contributed by atoms with Gasteiger partial charge in [-0.15, -0.1) is 0 Å². The fraction of sp³-hybridized carbons (Fsp3) is 1.00. The third-order valence-electron chi connectivity index (χ3n) is 2.99. The van der Waals surface area contributed by atoms with Gasteiger partial charge in [0, 0.05) is 12.6 Å². The Morgan fingerprint density at radius 2 is 2.00 bits per heavy atom. The van der Waals surface area contributed by atoms with Crippen molar-refractivity contribution in [2.45, 2.75) is 44.8 Å². The summed E-state index contributed by atoms with van der Waals surface area (Å²) < 4.78 is 36.8. The van der Waals surface area contributed by atoms with Gasteiger partial charge < -0.3 is 5.32 Å². The number of nitrogens with zero attached hydrogens (tertiary/aromatic N) is 1. The first-order valence-electron chi connectivity index (χ1n) is 6.04. The summed E-state index contributed by atoms with van der Waals surface area (Å²) in [5, 5.41) is 3.32. The van der Waals surface area contributed by atoms with E-state index in [2.05, 4.69) is 5.32 Å². The Morgan fingerprint density at radius 3 is 2.62 bits per heavy atom. The number of alkyl halides is 3. The van der Waals surface area contributed by atoms with Crippen molar-refractivity contribution in [1.29, 1.82) is 0 Å². The fourth-order valence-electron chi connectivity index (χ4n) is 2.13. The van der Waals surface area contributed by atoms with Crippen LogP contribution in [0.3, 0.4) is 0 Å². The topological polar surface area (TPSA) is 15.3 Å². The van der Waals surface area contributed by atoms with Gasteiger partial charge in [0.25, 0.3) is 0 Å². The van der Waals surface area contributed by atoms with Crippen molar-refractivity contribution in [3.8, 4) is 0 Å². The first-order chi connectivity index (χ1) is 7.51. The zero-order valence-electron chi connectivity index (χ0n) is 9.82. The maximum absolute atomic E-state index is 12.3. The quantitative estimate of drug-likeness (QED) is 0.809.